The van der Waals surface area contributed by atoms with Gasteiger partial charge in [-0.15, -0.1) is 0 Å². The van der Waals surface area contributed by atoms with Crippen LogP contribution >= 0.6 is 0 Å². The van der Waals surface area contributed by atoms with E-state index in [1.54, 1.807) is 0 Å². The molecule has 4 heteroatoms. The van der Waals surface area contributed by atoms with Gasteiger partial charge in [0.15, 0.2) is 5.96 Å². The Morgan fingerprint density at radius 1 is 1.69 bits per heavy atom. The molecule has 1 aliphatic rings. The summed E-state index contributed by atoms with van der Waals surface area (Å²) >= 11 is 0. The molecule has 1 unspecified atom stereocenters. The summed E-state index contributed by atoms with van der Waals surface area (Å²) in [6.07, 6.45) is 4.09. The zero-order valence-corrected chi connectivity index (χ0v) is 8.16. The van der Waals surface area contributed by atoms with E-state index in [1.165, 1.54) is 12.8 Å². The maximum atomic E-state index is 8.62. The van der Waals surface area contributed by atoms with Gasteiger partial charge >= 0.3 is 0 Å². The van der Waals surface area contributed by atoms with Gasteiger partial charge in [-0.05, 0) is 32.6 Å². The van der Waals surface area contributed by atoms with Gasteiger partial charge in [0, 0.05) is 12.6 Å². The summed E-state index contributed by atoms with van der Waals surface area (Å²) in [7, 11) is 0. The summed E-state index contributed by atoms with van der Waals surface area (Å²) in [5, 5.41) is 11.7. The first kappa shape index (κ1) is 10.3. The van der Waals surface area contributed by atoms with E-state index in [2.05, 4.69) is 10.3 Å². The normalized spacial score (nSPS) is 20.0. The van der Waals surface area contributed by atoms with Crippen LogP contribution in [0.25, 0.3) is 0 Å². The number of nitrogens with one attached hydrogen (secondary N) is 1. The zero-order chi connectivity index (χ0) is 9.68. The van der Waals surface area contributed by atoms with Gasteiger partial charge < -0.3 is 16.2 Å². The Kier molecular flexibility index (Phi) is 4.02. The molecular formula is C9H19N3O. The molecule has 1 aliphatic carbocycles. The van der Waals surface area contributed by atoms with Crippen LogP contribution in [0.4, 0.5) is 0 Å². The van der Waals surface area contributed by atoms with Crippen LogP contribution in [-0.4, -0.2) is 29.8 Å². The fraction of sp³-hybridized carbons (Fsp3) is 0.889. The zero-order valence-electron chi connectivity index (χ0n) is 8.16. The lowest BCUT2D eigenvalue weighted by Gasteiger charge is -2.13. The molecule has 1 fully saturated rings. The molecule has 1 saturated carbocycles. The molecule has 0 bridgehead atoms. The molecule has 4 N–H and O–H groups in total. The highest BCUT2D eigenvalue weighted by atomic mass is 16.2. The first-order chi connectivity index (χ1) is 6.22. The summed E-state index contributed by atoms with van der Waals surface area (Å²) in [4.78, 5) is 4.26. The number of aliphatic hydroxyl groups excluding tert-OH is 1. The number of guanidine groups is 1. The lowest BCUT2D eigenvalue weighted by atomic mass is 10.2. The second-order valence-corrected chi connectivity index (χ2v) is 3.66. The standard InChI is InChI=1S/C9H19N3O/c1-7(3-2-6-13)11-9(10)12-8-4-5-8/h7-8,13H,2-6H2,1H3,(H3,10,11,12). The highest BCUT2D eigenvalue weighted by Crippen LogP contribution is 2.22. The van der Waals surface area contributed by atoms with E-state index < -0.39 is 0 Å². The monoisotopic (exact) mass is 185 g/mol. The molecule has 4 nitrogen and oxygen atoms in total. The van der Waals surface area contributed by atoms with Crippen molar-refractivity contribution < 1.29 is 5.11 Å². The minimum absolute atomic E-state index is 0.242. The second kappa shape index (κ2) is 5.07. The largest absolute Gasteiger partial charge is 0.396 e. The van der Waals surface area contributed by atoms with Crippen LogP contribution in [0.3, 0.4) is 0 Å². The Labute approximate surface area is 79.2 Å². The topological polar surface area (TPSA) is 70.6 Å². The molecule has 0 spiro atoms. The average Bonchev–Trinajstić information content (AvgIpc) is 2.84. The summed E-state index contributed by atoms with van der Waals surface area (Å²) in [6, 6.07) is 0.771. The molecule has 76 valence electrons. The van der Waals surface area contributed by atoms with E-state index in [9.17, 15) is 0 Å². The molecule has 1 rings (SSSR count). The van der Waals surface area contributed by atoms with E-state index >= 15 is 0 Å². The predicted octanol–water partition coefficient (Wildman–Crippen LogP) is 0.214. The van der Waals surface area contributed by atoms with Gasteiger partial charge in [0.2, 0.25) is 0 Å². The van der Waals surface area contributed by atoms with Crippen molar-refractivity contribution in [3.8, 4) is 0 Å². The van der Waals surface area contributed by atoms with E-state index in [0.29, 0.717) is 18.0 Å². The van der Waals surface area contributed by atoms with Crippen molar-refractivity contribution in [3.63, 3.8) is 0 Å². The highest BCUT2D eigenvalue weighted by Gasteiger charge is 2.20. The molecule has 0 aromatic heterocycles. The number of hydrogen-bond donors (Lipinski definition) is 3. The summed E-state index contributed by atoms with van der Waals surface area (Å²) in [6.45, 7) is 2.29. The van der Waals surface area contributed by atoms with Crippen LogP contribution < -0.4 is 11.1 Å². The maximum absolute atomic E-state index is 8.62. The SMILES string of the molecule is CC(CCCO)NC(N)=NC1CC1. The summed E-state index contributed by atoms with van der Waals surface area (Å²) in [5.74, 6) is 0.549. The third kappa shape index (κ3) is 4.72. The third-order valence-corrected chi connectivity index (χ3v) is 2.06. The number of hydrogen-bond acceptors (Lipinski definition) is 2. The van der Waals surface area contributed by atoms with Gasteiger partial charge in [-0.1, -0.05) is 0 Å². The molecule has 0 radical (unpaired) electrons. The van der Waals surface area contributed by atoms with Crippen molar-refractivity contribution in [2.24, 2.45) is 10.7 Å². The van der Waals surface area contributed by atoms with Crippen LogP contribution in [0, 0.1) is 0 Å². The lowest BCUT2D eigenvalue weighted by Crippen LogP contribution is -2.38. The molecule has 0 aromatic rings. The van der Waals surface area contributed by atoms with Crippen molar-refractivity contribution in [1.82, 2.24) is 5.32 Å². The predicted molar refractivity (Wildman–Crippen MR) is 53.6 cm³/mol. The number of rotatable bonds is 5. The molecule has 13 heavy (non-hydrogen) atoms. The van der Waals surface area contributed by atoms with Crippen LogP contribution in [0.2, 0.25) is 0 Å². The maximum Gasteiger partial charge on any atom is 0.189 e. The van der Waals surface area contributed by atoms with Crippen LogP contribution in [-0.2, 0) is 0 Å². The van der Waals surface area contributed by atoms with Gasteiger partial charge in [-0.25, -0.2) is 0 Å². The minimum Gasteiger partial charge on any atom is -0.396 e. The van der Waals surface area contributed by atoms with Crippen LogP contribution in [0.1, 0.15) is 32.6 Å². The van der Waals surface area contributed by atoms with Gasteiger partial charge in [-0.3, -0.25) is 4.99 Å². The van der Waals surface area contributed by atoms with E-state index in [1.807, 2.05) is 6.92 Å². The third-order valence-electron chi connectivity index (χ3n) is 2.06. The van der Waals surface area contributed by atoms with Gasteiger partial charge in [0.05, 0.1) is 6.04 Å². The summed E-state index contributed by atoms with van der Waals surface area (Å²) < 4.78 is 0. The fourth-order valence-corrected chi connectivity index (χ4v) is 1.16. The molecular weight excluding hydrogens is 166 g/mol. The van der Waals surface area contributed by atoms with E-state index in [-0.39, 0.29) is 6.61 Å². The quantitative estimate of drug-likeness (QED) is 0.423. The van der Waals surface area contributed by atoms with E-state index in [0.717, 1.165) is 12.8 Å². The molecule has 0 aromatic carbocycles. The van der Waals surface area contributed by atoms with Crippen molar-refractivity contribution in [3.05, 3.63) is 0 Å². The number of nitrogens with two attached hydrogens (primary N) is 1. The van der Waals surface area contributed by atoms with E-state index in [4.69, 9.17) is 10.8 Å². The first-order valence-corrected chi connectivity index (χ1v) is 4.93. The smallest absolute Gasteiger partial charge is 0.189 e. The van der Waals surface area contributed by atoms with Crippen LogP contribution in [0.5, 0.6) is 0 Å². The Morgan fingerprint density at radius 3 is 2.92 bits per heavy atom. The Hall–Kier alpha value is -0.770. The van der Waals surface area contributed by atoms with Gasteiger partial charge in [0.25, 0.3) is 0 Å². The average molecular weight is 185 g/mol. The summed E-state index contributed by atoms with van der Waals surface area (Å²) in [5.41, 5.74) is 5.66. The van der Waals surface area contributed by atoms with Crippen molar-refractivity contribution in [1.29, 1.82) is 0 Å². The fourth-order valence-electron chi connectivity index (χ4n) is 1.16. The van der Waals surface area contributed by atoms with Gasteiger partial charge in [-0.2, -0.15) is 0 Å². The Bertz CT molecular complexity index is 178. The Morgan fingerprint density at radius 2 is 2.38 bits per heavy atom. The molecule has 0 heterocycles. The number of aliphatic imine (C=N–C) groups is 1. The van der Waals surface area contributed by atoms with Crippen molar-refractivity contribution in [2.75, 3.05) is 6.61 Å². The second-order valence-electron chi connectivity index (χ2n) is 3.66. The lowest BCUT2D eigenvalue weighted by molar-refractivity contribution is 0.279. The van der Waals surface area contributed by atoms with Crippen LogP contribution in [0.15, 0.2) is 4.99 Å². The van der Waals surface area contributed by atoms with Crippen molar-refractivity contribution >= 4 is 5.96 Å². The molecule has 1 atom stereocenters. The van der Waals surface area contributed by atoms with Gasteiger partial charge in [0.1, 0.15) is 0 Å². The minimum atomic E-state index is 0.242. The van der Waals surface area contributed by atoms with Crippen molar-refractivity contribution in [2.45, 2.75) is 44.7 Å². The first-order valence-electron chi connectivity index (χ1n) is 4.93. The molecule has 0 amide bonds. The molecule has 0 saturated heterocycles. The highest BCUT2D eigenvalue weighted by molar-refractivity contribution is 5.78. The molecule has 0 aliphatic heterocycles. The Balaban J connectivity index is 2.13. The number of nitrogens with zero attached hydrogens (tertiary/aromatic N) is 1. The number of aliphatic hydroxyl groups is 1.